The van der Waals surface area contributed by atoms with E-state index in [-0.39, 0.29) is 12.5 Å². The normalized spacial score (nSPS) is 22.1. The van der Waals surface area contributed by atoms with Crippen molar-refractivity contribution in [3.8, 4) is 17.3 Å². The van der Waals surface area contributed by atoms with Crippen molar-refractivity contribution in [1.29, 1.82) is 5.26 Å². The van der Waals surface area contributed by atoms with Gasteiger partial charge in [-0.3, -0.25) is 9.78 Å². The molecule has 1 saturated heterocycles. The molecule has 2 aromatic rings. The molecule has 198 valence electrons. The maximum Gasteiger partial charge on any atom is 0.304 e. The summed E-state index contributed by atoms with van der Waals surface area (Å²) in [7, 11) is 0. The van der Waals surface area contributed by atoms with Gasteiger partial charge in [0.05, 0.1) is 23.6 Å². The Labute approximate surface area is 219 Å². The molecule has 1 aliphatic heterocycles. The van der Waals surface area contributed by atoms with Gasteiger partial charge in [0.15, 0.2) is 0 Å². The highest BCUT2D eigenvalue weighted by Gasteiger charge is 2.32. The van der Waals surface area contributed by atoms with Crippen molar-refractivity contribution in [3.63, 3.8) is 0 Å². The summed E-state index contributed by atoms with van der Waals surface area (Å²) in [6.45, 7) is 5.84. The second-order valence-electron chi connectivity index (χ2n) is 10.8. The standard InChI is InChI=1S/C29H39N5O3/c1-20-17-31-24(15-22-6-8-23(9-7-22)33-21(2)14-28(35)36)16-25(20)26-4-3-5-27(34-26)32-19-29(18-30)10-12-37-13-11-29/h3-5,16-17,21-23,33H,6-15,19H2,1-2H3,(H,32,34)(H,35,36)/t21-,22?,23?/m1/s1. The van der Waals surface area contributed by atoms with Crippen LogP contribution < -0.4 is 10.6 Å². The number of carboxylic acids is 1. The first-order valence-electron chi connectivity index (χ1n) is 13.5. The summed E-state index contributed by atoms with van der Waals surface area (Å²) in [4.78, 5) is 20.5. The van der Waals surface area contributed by atoms with Crippen LogP contribution in [0.25, 0.3) is 11.3 Å². The van der Waals surface area contributed by atoms with E-state index in [1.54, 1.807) is 0 Å². The molecule has 1 saturated carbocycles. The van der Waals surface area contributed by atoms with Crippen molar-refractivity contribution < 1.29 is 14.6 Å². The average molecular weight is 506 g/mol. The summed E-state index contributed by atoms with van der Waals surface area (Å²) >= 11 is 0. The number of aliphatic carboxylic acids is 1. The van der Waals surface area contributed by atoms with Crippen molar-refractivity contribution in [3.05, 3.63) is 41.7 Å². The quantitative estimate of drug-likeness (QED) is 0.424. The van der Waals surface area contributed by atoms with Gasteiger partial charge in [0, 0.05) is 49.3 Å². The summed E-state index contributed by atoms with van der Waals surface area (Å²) < 4.78 is 5.44. The number of carboxylic acid groups (broad SMARTS) is 1. The highest BCUT2D eigenvalue weighted by atomic mass is 16.5. The van der Waals surface area contributed by atoms with Gasteiger partial charge in [-0.25, -0.2) is 4.98 Å². The van der Waals surface area contributed by atoms with Crippen LogP contribution >= 0.6 is 0 Å². The SMILES string of the molecule is Cc1cnc(CC2CCC(N[C@H](C)CC(=O)O)CC2)cc1-c1cccc(NCC2(C#N)CCOCC2)n1. The Hall–Kier alpha value is -3.02. The van der Waals surface area contributed by atoms with E-state index in [0.717, 1.165) is 73.3 Å². The molecule has 2 aromatic heterocycles. The number of anilines is 1. The van der Waals surface area contributed by atoms with E-state index < -0.39 is 11.4 Å². The number of aryl methyl sites for hydroxylation is 1. The first-order chi connectivity index (χ1) is 17.9. The minimum absolute atomic E-state index is 0.000227. The van der Waals surface area contributed by atoms with Gasteiger partial charge >= 0.3 is 5.97 Å². The molecule has 3 heterocycles. The fraction of sp³-hybridized carbons (Fsp3) is 0.586. The summed E-state index contributed by atoms with van der Waals surface area (Å²) in [5, 5.41) is 25.6. The van der Waals surface area contributed by atoms with Crippen LogP contribution in [0.2, 0.25) is 0 Å². The van der Waals surface area contributed by atoms with Gasteiger partial charge in [-0.1, -0.05) is 6.07 Å². The monoisotopic (exact) mass is 505 g/mol. The van der Waals surface area contributed by atoms with Gasteiger partial charge in [-0.05, 0) is 88.5 Å². The molecule has 37 heavy (non-hydrogen) atoms. The number of hydrogen-bond acceptors (Lipinski definition) is 7. The van der Waals surface area contributed by atoms with E-state index in [1.807, 2.05) is 31.3 Å². The maximum atomic E-state index is 10.9. The lowest BCUT2D eigenvalue weighted by Gasteiger charge is -2.31. The van der Waals surface area contributed by atoms with E-state index in [0.29, 0.717) is 31.7 Å². The molecule has 0 amide bonds. The Balaban J connectivity index is 1.36. The molecule has 8 nitrogen and oxygen atoms in total. The van der Waals surface area contributed by atoms with Crippen LogP contribution in [0, 0.1) is 29.6 Å². The van der Waals surface area contributed by atoms with Crippen molar-refractivity contribution in [2.45, 2.75) is 77.3 Å². The number of aromatic nitrogens is 2. The van der Waals surface area contributed by atoms with Crippen LogP contribution in [0.15, 0.2) is 30.5 Å². The van der Waals surface area contributed by atoms with Crippen molar-refractivity contribution in [2.24, 2.45) is 11.3 Å². The molecular weight excluding hydrogens is 466 g/mol. The predicted molar refractivity (Wildman–Crippen MR) is 143 cm³/mol. The largest absolute Gasteiger partial charge is 0.481 e. The number of nitrogens with zero attached hydrogens (tertiary/aromatic N) is 3. The molecule has 4 rings (SSSR count). The van der Waals surface area contributed by atoms with E-state index in [9.17, 15) is 10.1 Å². The lowest BCUT2D eigenvalue weighted by Crippen LogP contribution is -2.40. The summed E-state index contributed by atoms with van der Waals surface area (Å²) in [6, 6.07) is 11.1. The fourth-order valence-corrected chi connectivity index (χ4v) is 5.54. The lowest BCUT2D eigenvalue weighted by atomic mass is 9.82. The maximum absolute atomic E-state index is 10.9. The van der Waals surface area contributed by atoms with Gasteiger partial charge in [0.2, 0.25) is 0 Å². The fourth-order valence-electron chi connectivity index (χ4n) is 5.54. The molecule has 1 aliphatic carbocycles. The van der Waals surface area contributed by atoms with Crippen LogP contribution in [0.3, 0.4) is 0 Å². The highest BCUT2D eigenvalue weighted by molar-refractivity contribution is 5.67. The molecule has 0 bridgehead atoms. The Morgan fingerprint density at radius 3 is 2.73 bits per heavy atom. The number of nitriles is 1. The number of hydrogen-bond donors (Lipinski definition) is 3. The lowest BCUT2D eigenvalue weighted by molar-refractivity contribution is -0.137. The third-order valence-corrected chi connectivity index (χ3v) is 7.83. The number of ether oxygens (including phenoxy) is 1. The Morgan fingerprint density at radius 1 is 1.27 bits per heavy atom. The minimum atomic E-state index is -0.754. The predicted octanol–water partition coefficient (Wildman–Crippen LogP) is 4.74. The van der Waals surface area contributed by atoms with Crippen LogP contribution in [0.1, 0.15) is 63.1 Å². The Kier molecular flexibility index (Phi) is 9.12. The molecule has 0 radical (unpaired) electrons. The molecule has 0 aromatic carbocycles. The van der Waals surface area contributed by atoms with Crippen LogP contribution in [-0.2, 0) is 16.0 Å². The summed E-state index contributed by atoms with van der Waals surface area (Å²) in [6.07, 6.45) is 8.89. The zero-order valence-corrected chi connectivity index (χ0v) is 22.0. The number of nitrogens with one attached hydrogen (secondary N) is 2. The third-order valence-electron chi connectivity index (χ3n) is 7.83. The molecule has 1 atom stereocenters. The first kappa shape index (κ1) is 27.0. The molecule has 2 fully saturated rings. The van der Waals surface area contributed by atoms with Crippen molar-refractivity contribution >= 4 is 11.8 Å². The minimum Gasteiger partial charge on any atom is -0.481 e. The number of pyridine rings is 2. The smallest absolute Gasteiger partial charge is 0.304 e. The Bertz CT molecular complexity index is 1100. The topological polar surface area (TPSA) is 120 Å². The van der Waals surface area contributed by atoms with Crippen molar-refractivity contribution in [2.75, 3.05) is 25.1 Å². The second-order valence-corrected chi connectivity index (χ2v) is 10.8. The van der Waals surface area contributed by atoms with E-state index in [4.69, 9.17) is 19.8 Å². The van der Waals surface area contributed by atoms with Crippen LogP contribution in [0.4, 0.5) is 5.82 Å². The van der Waals surface area contributed by atoms with Gasteiger partial charge in [0.25, 0.3) is 0 Å². The number of carbonyl (C=O) groups is 1. The average Bonchev–Trinajstić information content (AvgIpc) is 2.90. The second kappa shape index (κ2) is 12.5. The highest BCUT2D eigenvalue weighted by Crippen LogP contribution is 2.31. The molecule has 8 heteroatoms. The zero-order chi connectivity index (χ0) is 26.3. The molecule has 2 aliphatic rings. The number of rotatable bonds is 10. The van der Waals surface area contributed by atoms with Gasteiger partial charge < -0.3 is 20.5 Å². The molecule has 3 N–H and O–H groups in total. The van der Waals surface area contributed by atoms with Crippen LogP contribution in [0.5, 0.6) is 0 Å². The van der Waals surface area contributed by atoms with E-state index in [2.05, 4.69) is 29.7 Å². The summed E-state index contributed by atoms with van der Waals surface area (Å²) in [5.41, 5.74) is 3.77. The Morgan fingerprint density at radius 2 is 2.03 bits per heavy atom. The molecule has 0 unspecified atom stereocenters. The van der Waals surface area contributed by atoms with Gasteiger partial charge in [0.1, 0.15) is 5.82 Å². The van der Waals surface area contributed by atoms with Gasteiger partial charge in [-0.15, -0.1) is 0 Å². The van der Waals surface area contributed by atoms with Crippen molar-refractivity contribution in [1.82, 2.24) is 15.3 Å². The third kappa shape index (κ3) is 7.50. The molecule has 0 spiro atoms. The first-order valence-corrected chi connectivity index (χ1v) is 13.5. The van der Waals surface area contributed by atoms with E-state index in [1.165, 1.54) is 0 Å². The summed E-state index contributed by atoms with van der Waals surface area (Å²) in [5.74, 6) is 0.606. The van der Waals surface area contributed by atoms with Crippen LogP contribution in [-0.4, -0.2) is 52.9 Å². The zero-order valence-electron chi connectivity index (χ0n) is 22.0. The molecular formula is C29H39N5O3. The van der Waals surface area contributed by atoms with E-state index >= 15 is 0 Å². The van der Waals surface area contributed by atoms with Gasteiger partial charge in [-0.2, -0.15) is 5.26 Å².